The molecule has 1 atom stereocenters. The molecular formula is C14H18N2O. The minimum atomic E-state index is -0.313. The fourth-order valence-electron chi connectivity index (χ4n) is 3.06. The fraction of sp³-hybridized carbons (Fsp3) is 0.500. The molecule has 2 N–H and O–H groups in total. The van der Waals surface area contributed by atoms with E-state index >= 15 is 0 Å². The summed E-state index contributed by atoms with van der Waals surface area (Å²) < 4.78 is 0. The Labute approximate surface area is 102 Å². The molecule has 3 rings (SSSR count). The van der Waals surface area contributed by atoms with Gasteiger partial charge in [0.05, 0.1) is 5.41 Å². The number of carbonyl (C=O) groups excluding carboxylic acids is 1. The molecule has 3 nitrogen and oxygen atoms in total. The zero-order chi connectivity index (χ0) is 12.0. The summed E-state index contributed by atoms with van der Waals surface area (Å²) in [5.41, 5.74) is 4.38. The van der Waals surface area contributed by atoms with Gasteiger partial charge in [0.15, 0.2) is 0 Å². The van der Waals surface area contributed by atoms with E-state index in [0.717, 1.165) is 31.6 Å². The number of nitrogens with one attached hydrogen (secondary N) is 2. The molecule has 0 aliphatic carbocycles. The second-order valence-corrected chi connectivity index (χ2v) is 5.25. The van der Waals surface area contributed by atoms with Gasteiger partial charge in [-0.25, -0.2) is 0 Å². The van der Waals surface area contributed by atoms with Crippen LogP contribution in [0, 0.1) is 13.8 Å². The van der Waals surface area contributed by atoms with Gasteiger partial charge in [-0.3, -0.25) is 4.79 Å². The monoisotopic (exact) mass is 230 g/mol. The van der Waals surface area contributed by atoms with Gasteiger partial charge in [-0.15, -0.1) is 0 Å². The first kappa shape index (κ1) is 10.8. The third-order valence-corrected chi connectivity index (χ3v) is 4.31. The van der Waals surface area contributed by atoms with Crippen LogP contribution in [-0.4, -0.2) is 19.0 Å². The smallest absolute Gasteiger partial charge is 0.236 e. The largest absolute Gasteiger partial charge is 0.325 e. The zero-order valence-corrected chi connectivity index (χ0v) is 10.4. The molecule has 90 valence electrons. The molecule has 1 spiro atoms. The van der Waals surface area contributed by atoms with Gasteiger partial charge >= 0.3 is 0 Å². The molecule has 2 aliphatic heterocycles. The van der Waals surface area contributed by atoms with Gasteiger partial charge in [0, 0.05) is 12.2 Å². The topological polar surface area (TPSA) is 41.1 Å². The molecule has 17 heavy (non-hydrogen) atoms. The van der Waals surface area contributed by atoms with Crippen LogP contribution in [0.5, 0.6) is 0 Å². The van der Waals surface area contributed by atoms with Crippen molar-refractivity contribution in [3.05, 3.63) is 28.8 Å². The molecule has 1 aromatic rings. The van der Waals surface area contributed by atoms with Crippen molar-refractivity contribution >= 4 is 11.6 Å². The first-order valence-corrected chi connectivity index (χ1v) is 6.28. The fourth-order valence-corrected chi connectivity index (χ4v) is 3.06. The van der Waals surface area contributed by atoms with Crippen LogP contribution in [-0.2, 0) is 10.2 Å². The molecule has 0 aromatic heterocycles. The molecule has 0 bridgehead atoms. The number of anilines is 1. The SMILES string of the molecule is Cc1ccc2c(c1C)NC(=O)C21CCCNC1. The highest BCUT2D eigenvalue weighted by molar-refractivity contribution is 6.07. The van der Waals surface area contributed by atoms with Crippen LogP contribution < -0.4 is 10.6 Å². The normalized spacial score (nSPS) is 27.1. The summed E-state index contributed by atoms with van der Waals surface area (Å²) in [5.74, 6) is 0.174. The average molecular weight is 230 g/mol. The average Bonchev–Trinajstić information content (AvgIpc) is 2.60. The van der Waals surface area contributed by atoms with Gasteiger partial charge in [-0.1, -0.05) is 12.1 Å². The minimum Gasteiger partial charge on any atom is -0.325 e. The Hall–Kier alpha value is -1.35. The molecule has 1 saturated heterocycles. The Bertz CT molecular complexity index is 487. The first-order chi connectivity index (χ1) is 8.15. The maximum absolute atomic E-state index is 12.3. The van der Waals surface area contributed by atoms with E-state index < -0.39 is 0 Å². The van der Waals surface area contributed by atoms with Gasteiger partial charge in [0.1, 0.15) is 0 Å². The van der Waals surface area contributed by atoms with Crippen molar-refractivity contribution in [1.82, 2.24) is 5.32 Å². The highest BCUT2D eigenvalue weighted by Gasteiger charge is 2.47. The van der Waals surface area contributed by atoms with Crippen LogP contribution in [0.25, 0.3) is 0 Å². The van der Waals surface area contributed by atoms with Crippen LogP contribution in [0.1, 0.15) is 29.5 Å². The lowest BCUT2D eigenvalue weighted by Crippen LogP contribution is -2.47. The molecule has 1 fully saturated rings. The van der Waals surface area contributed by atoms with Crippen molar-refractivity contribution in [3.63, 3.8) is 0 Å². The second kappa shape index (κ2) is 3.57. The van der Waals surface area contributed by atoms with Crippen molar-refractivity contribution in [1.29, 1.82) is 0 Å². The summed E-state index contributed by atoms with van der Waals surface area (Å²) in [6, 6.07) is 4.26. The van der Waals surface area contributed by atoms with E-state index in [2.05, 4.69) is 36.6 Å². The molecule has 0 saturated carbocycles. The minimum absolute atomic E-state index is 0.174. The number of fused-ring (bicyclic) bond motifs is 2. The number of rotatable bonds is 0. The Morgan fingerprint density at radius 1 is 1.29 bits per heavy atom. The van der Waals surface area contributed by atoms with Gasteiger partial charge < -0.3 is 10.6 Å². The predicted octanol–water partition coefficient (Wildman–Crippen LogP) is 1.88. The molecule has 1 unspecified atom stereocenters. The Morgan fingerprint density at radius 2 is 2.12 bits per heavy atom. The van der Waals surface area contributed by atoms with Crippen molar-refractivity contribution in [2.24, 2.45) is 0 Å². The van der Waals surface area contributed by atoms with Crippen LogP contribution in [0.3, 0.4) is 0 Å². The van der Waals surface area contributed by atoms with Crippen molar-refractivity contribution in [2.75, 3.05) is 18.4 Å². The van der Waals surface area contributed by atoms with Crippen LogP contribution in [0.15, 0.2) is 12.1 Å². The van der Waals surface area contributed by atoms with E-state index in [1.165, 1.54) is 16.7 Å². The molecule has 2 aliphatic rings. The second-order valence-electron chi connectivity index (χ2n) is 5.25. The highest BCUT2D eigenvalue weighted by Crippen LogP contribution is 2.44. The van der Waals surface area contributed by atoms with Crippen LogP contribution in [0.2, 0.25) is 0 Å². The Kier molecular flexibility index (Phi) is 2.26. The van der Waals surface area contributed by atoms with E-state index in [4.69, 9.17) is 0 Å². The summed E-state index contributed by atoms with van der Waals surface area (Å²) in [4.78, 5) is 12.3. The number of amides is 1. The number of piperidine rings is 1. The predicted molar refractivity (Wildman–Crippen MR) is 68.3 cm³/mol. The first-order valence-electron chi connectivity index (χ1n) is 6.28. The van der Waals surface area contributed by atoms with E-state index in [9.17, 15) is 4.79 Å². The summed E-state index contributed by atoms with van der Waals surface area (Å²) in [5, 5.41) is 6.45. The molecule has 1 amide bonds. The van der Waals surface area contributed by atoms with Gasteiger partial charge in [0.25, 0.3) is 0 Å². The molecule has 3 heteroatoms. The number of carbonyl (C=O) groups is 1. The summed E-state index contributed by atoms with van der Waals surface area (Å²) in [6.45, 7) is 5.97. The van der Waals surface area contributed by atoms with E-state index in [1.54, 1.807) is 0 Å². The van der Waals surface area contributed by atoms with Crippen LogP contribution >= 0.6 is 0 Å². The Morgan fingerprint density at radius 3 is 2.82 bits per heavy atom. The Balaban J connectivity index is 2.16. The lowest BCUT2D eigenvalue weighted by Gasteiger charge is -2.32. The standard InChI is InChI=1S/C14H18N2O/c1-9-4-5-11-12(10(9)2)16-13(17)14(11)6-3-7-15-8-14/h4-5,15H,3,6-8H2,1-2H3,(H,16,17). The maximum Gasteiger partial charge on any atom is 0.236 e. The van der Waals surface area contributed by atoms with Gasteiger partial charge in [-0.05, 0) is 49.9 Å². The van der Waals surface area contributed by atoms with E-state index in [0.29, 0.717) is 0 Å². The summed E-state index contributed by atoms with van der Waals surface area (Å²) >= 11 is 0. The van der Waals surface area contributed by atoms with Crippen LogP contribution in [0.4, 0.5) is 5.69 Å². The lowest BCUT2D eigenvalue weighted by molar-refractivity contribution is -0.121. The van der Waals surface area contributed by atoms with Crippen molar-refractivity contribution in [2.45, 2.75) is 32.1 Å². The summed E-state index contributed by atoms with van der Waals surface area (Å²) in [6.07, 6.45) is 2.03. The third-order valence-electron chi connectivity index (χ3n) is 4.31. The number of benzene rings is 1. The van der Waals surface area contributed by atoms with Gasteiger partial charge in [-0.2, -0.15) is 0 Å². The van der Waals surface area contributed by atoms with Crippen molar-refractivity contribution in [3.8, 4) is 0 Å². The molecule has 1 aromatic carbocycles. The molecular weight excluding hydrogens is 212 g/mol. The number of hydrogen-bond acceptors (Lipinski definition) is 2. The lowest BCUT2D eigenvalue weighted by atomic mass is 9.75. The van der Waals surface area contributed by atoms with E-state index in [1.807, 2.05) is 0 Å². The zero-order valence-electron chi connectivity index (χ0n) is 10.4. The quantitative estimate of drug-likeness (QED) is 0.714. The van der Waals surface area contributed by atoms with E-state index in [-0.39, 0.29) is 11.3 Å². The van der Waals surface area contributed by atoms with Crippen molar-refractivity contribution < 1.29 is 4.79 Å². The molecule has 2 heterocycles. The highest BCUT2D eigenvalue weighted by atomic mass is 16.2. The number of hydrogen-bond donors (Lipinski definition) is 2. The molecule has 0 radical (unpaired) electrons. The number of aryl methyl sites for hydroxylation is 1. The van der Waals surface area contributed by atoms with Gasteiger partial charge in [0.2, 0.25) is 5.91 Å². The summed E-state index contributed by atoms with van der Waals surface area (Å²) in [7, 11) is 0. The third kappa shape index (κ3) is 1.35. The maximum atomic E-state index is 12.3.